The van der Waals surface area contributed by atoms with Gasteiger partial charge in [-0.25, -0.2) is 12.8 Å². The molecule has 0 saturated heterocycles. The number of carbonyl (C=O) groups excluding carboxylic acids is 2. The van der Waals surface area contributed by atoms with Crippen molar-refractivity contribution in [1.82, 2.24) is 14.5 Å². The predicted octanol–water partition coefficient (Wildman–Crippen LogP) is 4.26. The Morgan fingerprint density at radius 1 is 0.947 bits per heavy atom. The lowest BCUT2D eigenvalue weighted by Gasteiger charge is -2.33. The fourth-order valence-corrected chi connectivity index (χ4v) is 5.14. The third-order valence-corrected chi connectivity index (χ3v) is 7.95. The van der Waals surface area contributed by atoms with Gasteiger partial charge in [-0.2, -0.15) is 4.31 Å². The van der Waals surface area contributed by atoms with Crippen molar-refractivity contribution in [2.75, 3.05) is 13.6 Å². The van der Waals surface area contributed by atoms with Gasteiger partial charge in [0.15, 0.2) is 0 Å². The normalized spacial score (nSPS) is 12.4. The highest BCUT2D eigenvalue weighted by Gasteiger charge is 2.33. The van der Waals surface area contributed by atoms with Crippen LogP contribution in [0.1, 0.15) is 25.0 Å². The van der Waals surface area contributed by atoms with Gasteiger partial charge in [-0.1, -0.05) is 60.1 Å². The summed E-state index contributed by atoms with van der Waals surface area (Å²) in [6.07, 6.45) is 0.160. The van der Waals surface area contributed by atoms with Gasteiger partial charge in [0.25, 0.3) is 0 Å². The molecule has 10 heteroatoms. The van der Waals surface area contributed by atoms with Crippen LogP contribution < -0.4 is 5.32 Å². The van der Waals surface area contributed by atoms with E-state index in [9.17, 15) is 22.4 Å². The zero-order chi connectivity index (χ0) is 27.9. The van der Waals surface area contributed by atoms with E-state index in [4.69, 9.17) is 11.6 Å². The van der Waals surface area contributed by atoms with Crippen LogP contribution in [0.25, 0.3) is 0 Å². The average Bonchev–Trinajstić information content (AvgIpc) is 2.87. The highest BCUT2D eigenvalue weighted by Crippen LogP contribution is 2.20. The Hall–Kier alpha value is -3.27. The van der Waals surface area contributed by atoms with Crippen molar-refractivity contribution >= 4 is 33.4 Å². The van der Waals surface area contributed by atoms with Crippen LogP contribution in [0.4, 0.5) is 4.39 Å². The van der Waals surface area contributed by atoms with Crippen molar-refractivity contribution in [2.24, 2.45) is 0 Å². The summed E-state index contributed by atoms with van der Waals surface area (Å²) < 4.78 is 41.8. The first-order chi connectivity index (χ1) is 18.0. The van der Waals surface area contributed by atoms with E-state index in [1.807, 2.05) is 30.3 Å². The molecule has 0 spiro atoms. The number of sulfonamides is 1. The number of nitrogens with one attached hydrogen (secondary N) is 1. The lowest BCUT2D eigenvalue weighted by Crippen LogP contribution is -2.54. The molecule has 0 aliphatic carbocycles. The Labute approximate surface area is 228 Å². The quantitative estimate of drug-likeness (QED) is 0.380. The van der Waals surface area contributed by atoms with Crippen LogP contribution in [0.15, 0.2) is 83.8 Å². The van der Waals surface area contributed by atoms with E-state index in [1.54, 1.807) is 19.9 Å². The number of halogens is 2. The number of carbonyl (C=O) groups is 2. The largest absolute Gasteiger partial charge is 0.352 e. The molecular formula is C28H31ClFN3O4S. The Morgan fingerprint density at radius 2 is 1.55 bits per heavy atom. The maximum atomic E-state index is 14.7. The number of amides is 2. The molecule has 0 radical (unpaired) electrons. The molecule has 0 aromatic heterocycles. The SMILES string of the molecule is CC(C)NC(=O)[C@H](Cc1ccccc1)N(Cc1ccccc1F)C(=O)CN(C)S(=O)(=O)c1ccc(Cl)cc1. The molecule has 0 aliphatic rings. The van der Waals surface area contributed by atoms with Crippen LogP contribution in [0.2, 0.25) is 5.02 Å². The van der Waals surface area contributed by atoms with Crippen LogP contribution in [0, 0.1) is 5.82 Å². The second kappa shape index (κ2) is 13.0. The van der Waals surface area contributed by atoms with Gasteiger partial charge in [0.05, 0.1) is 11.4 Å². The zero-order valence-electron chi connectivity index (χ0n) is 21.5. The first-order valence-electron chi connectivity index (χ1n) is 12.1. The summed E-state index contributed by atoms with van der Waals surface area (Å²) in [7, 11) is -2.76. The topological polar surface area (TPSA) is 86.8 Å². The molecule has 0 saturated carbocycles. The summed E-state index contributed by atoms with van der Waals surface area (Å²) in [5.41, 5.74) is 1.00. The van der Waals surface area contributed by atoms with E-state index in [0.717, 1.165) is 9.87 Å². The van der Waals surface area contributed by atoms with Gasteiger partial charge in [0, 0.05) is 36.6 Å². The van der Waals surface area contributed by atoms with Crippen molar-refractivity contribution in [3.63, 3.8) is 0 Å². The molecule has 0 unspecified atom stereocenters. The number of rotatable bonds is 11. The minimum atomic E-state index is -4.04. The third kappa shape index (κ3) is 7.63. The van der Waals surface area contributed by atoms with Gasteiger partial charge < -0.3 is 10.2 Å². The second-order valence-corrected chi connectivity index (χ2v) is 11.7. The van der Waals surface area contributed by atoms with E-state index in [-0.39, 0.29) is 29.5 Å². The van der Waals surface area contributed by atoms with E-state index >= 15 is 0 Å². The van der Waals surface area contributed by atoms with Crippen molar-refractivity contribution in [2.45, 2.75) is 43.8 Å². The smallest absolute Gasteiger partial charge is 0.243 e. The first kappa shape index (κ1) is 29.3. The molecule has 3 aromatic carbocycles. The number of nitrogens with zero attached hydrogens (tertiary/aromatic N) is 2. The summed E-state index contributed by atoms with van der Waals surface area (Å²) in [5, 5.41) is 3.22. The highest BCUT2D eigenvalue weighted by molar-refractivity contribution is 7.89. The highest BCUT2D eigenvalue weighted by atomic mass is 35.5. The van der Waals surface area contributed by atoms with E-state index in [1.165, 1.54) is 54.4 Å². The summed E-state index contributed by atoms with van der Waals surface area (Å²) in [6.45, 7) is 2.82. The van der Waals surface area contributed by atoms with Crippen molar-refractivity contribution in [3.05, 3.63) is 101 Å². The lowest BCUT2D eigenvalue weighted by molar-refractivity contribution is -0.141. The molecule has 38 heavy (non-hydrogen) atoms. The Bertz CT molecular complexity index is 1350. The number of benzene rings is 3. The molecule has 7 nitrogen and oxygen atoms in total. The fraction of sp³-hybridized carbons (Fsp3) is 0.286. The minimum Gasteiger partial charge on any atom is -0.352 e. The van der Waals surface area contributed by atoms with Gasteiger partial charge in [-0.15, -0.1) is 0 Å². The molecule has 2 amide bonds. The van der Waals surface area contributed by atoms with E-state index < -0.39 is 40.2 Å². The molecular weight excluding hydrogens is 529 g/mol. The van der Waals surface area contributed by atoms with Crippen molar-refractivity contribution in [1.29, 1.82) is 0 Å². The van der Waals surface area contributed by atoms with E-state index in [2.05, 4.69) is 5.32 Å². The number of hydrogen-bond donors (Lipinski definition) is 1. The van der Waals surface area contributed by atoms with Gasteiger partial charge >= 0.3 is 0 Å². The van der Waals surface area contributed by atoms with Crippen LogP contribution >= 0.6 is 11.6 Å². The summed E-state index contributed by atoms with van der Waals surface area (Å²) >= 11 is 5.89. The van der Waals surface area contributed by atoms with Gasteiger partial charge in [0.2, 0.25) is 21.8 Å². The molecule has 1 N–H and O–H groups in total. The molecule has 0 fully saturated rings. The second-order valence-electron chi connectivity index (χ2n) is 9.20. The van der Waals surface area contributed by atoms with E-state index in [0.29, 0.717) is 5.02 Å². The molecule has 0 bridgehead atoms. The van der Waals surface area contributed by atoms with Crippen molar-refractivity contribution in [3.8, 4) is 0 Å². The van der Waals surface area contributed by atoms with Crippen LogP contribution in [0.5, 0.6) is 0 Å². The van der Waals surface area contributed by atoms with Crippen LogP contribution in [0.3, 0.4) is 0 Å². The standard InChI is InChI=1S/C28H31ClFN3O4S/c1-20(2)31-28(35)26(17-21-9-5-4-6-10-21)33(18-22-11-7-8-12-25(22)30)27(34)19-32(3)38(36,37)24-15-13-23(29)14-16-24/h4-16,20,26H,17-19H2,1-3H3,(H,31,35)/t26-/m0/s1. The Balaban J connectivity index is 1.98. The zero-order valence-corrected chi connectivity index (χ0v) is 23.0. The third-order valence-electron chi connectivity index (χ3n) is 5.88. The van der Waals surface area contributed by atoms with Gasteiger partial charge in [-0.3, -0.25) is 9.59 Å². The monoisotopic (exact) mass is 559 g/mol. The van der Waals surface area contributed by atoms with Gasteiger partial charge in [0.1, 0.15) is 11.9 Å². The van der Waals surface area contributed by atoms with Crippen molar-refractivity contribution < 1.29 is 22.4 Å². The minimum absolute atomic E-state index is 0.0313. The maximum absolute atomic E-state index is 14.7. The summed E-state index contributed by atoms with van der Waals surface area (Å²) in [6, 6.07) is 19.5. The molecule has 0 heterocycles. The molecule has 3 rings (SSSR count). The fourth-order valence-electron chi connectivity index (χ4n) is 3.90. The predicted molar refractivity (Wildman–Crippen MR) is 145 cm³/mol. The first-order valence-corrected chi connectivity index (χ1v) is 13.9. The average molecular weight is 560 g/mol. The number of likely N-dealkylation sites (N-methyl/N-ethyl adjacent to an activating group) is 1. The number of hydrogen-bond acceptors (Lipinski definition) is 4. The lowest BCUT2D eigenvalue weighted by atomic mass is 10.0. The Morgan fingerprint density at radius 3 is 2.16 bits per heavy atom. The summed E-state index contributed by atoms with van der Waals surface area (Å²) in [5.74, 6) is -1.60. The van der Waals surface area contributed by atoms with Crippen LogP contribution in [-0.2, 0) is 32.6 Å². The molecule has 202 valence electrons. The van der Waals surface area contributed by atoms with Crippen LogP contribution in [-0.4, -0.2) is 55.1 Å². The molecule has 1 atom stereocenters. The summed E-state index contributed by atoms with van der Waals surface area (Å²) in [4.78, 5) is 28.3. The Kier molecular flexibility index (Phi) is 10.0. The maximum Gasteiger partial charge on any atom is 0.243 e. The molecule has 0 aliphatic heterocycles. The molecule has 3 aromatic rings. The van der Waals surface area contributed by atoms with Gasteiger partial charge in [-0.05, 0) is 49.7 Å².